The van der Waals surface area contributed by atoms with E-state index in [1.807, 2.05) is 0 Å². The molecule has 0 amide bonds. The minimum atomic E-state index is -4.45. The maximum atomic E-state index is 13.1. The SMILES string of the molecule is O=C(CCc1cn(-c2ccc(C(F)(F)F)cc2)nc1Cl)[C@@H]1CC[C@@H]1S(=O)(=O)c1ccc(F)cc1. The van der Waals surface area contributed by atoms with Gasteiger partial charge in [-0.05, 0) is 67.8 Å². The molecule has 1 heterocycles. The number of carbonyl (C=O) groups excluding carboxylic acids is 1. The number of halogens is 5. The Morgan fingerprint density at radius 1 is 1.06 bits per heavy atom. The van der Waals surface area contributed by atoms with Gasteiger partial charge in [-0.25, -0.2) is 17.5 Å². The predicted octanol–water partition coefficient (Wildman–Crippen LogP) is 5.44. The Morgan fingerprint density at radius 3 is 2.26 bits per heavy atom. The zero-order valence-electron chi connectivity index (χ0n) is 17.6. The lowest BCUT2D eigenvalue weighted by Gasteiger charge is -2.35. The molecule has 0 bridgehead atoms. The summed E-state index contributed by atoms with van der Waals surface area (Å²) in [6, 6.07) is 8.93. The van der Waals surface area contributed by atoms with Crippen molar-refractivity contribution in [3.05, 3.63) is 76.8 Å². The zero-order chi connectivity index (χ0) is 24.7. The third-order valence-electron chi connectivity index (χ3n) is 6.00. The van der Waals surface area contributed by atoms with Crippen molar-refractivity contribution < 1.29 is 30.8 Å². The number of Topliss-reactive ketones (excluding diaryl/α,β-unsaturated/α-hetero) is 1. The third-order valence-corrected chi connectivity index (χ3v) is 8.61. The van der Waals surface area contributed by atoms with Crippen molar-refractivity contribution in [3.8, 4) is 5.69 Å². The molecule has 1 saturated carbocycles. The Hall–Kier alpha value is -2.72. The van der Waals surface area contributed by atoms with Crippen LogP contribution in [0.5, 0.6) is 0 Å². The summed E-state index contributed by atoms with van der Waals surface area (Å²) in [7, 11) is -3.76. The van der Waals surface area contributed by atoms with E-state index in [1.165, 1.54) is 35.1 Å². The Balaban J connectivity index is 1.41. The number of hydrogen-bond acceptors (Lipinski definition) is 4. The molecule has 5 nitrogen and oxygen atoms in total. The minimum absolute atomic E-state index is 0.0164. The molecule has 0 saturated heterocycles. The Labute approximate surface area is 198 Å². The topological polar surface area (TPSA) is 69.0 Å². The molecule has 0 N–H and O–H groups in total. The number of carbonyl (C=O) groups is 1. The number of alkyl halides is 3. The van der Waals surface area contributed by atoms with Gasteiger partial charge in [0.25, 0.3) is 0 Å². The fraction of sp³-hybridized carbons (Fsp3) is 0.304. The maximum absolute atomic E-state index is 13.1. The van der Waals surface area contributed by atoms with Gasteiger partial charge in [0.05, 0.1) is 21.4 Å². The van der Waals surface area contributed by atoms with Crippen LogP contribution in [0.3, 0.4) is 0 Å². The van der Waals surface area contributed by atoms with Crippen molar-refractivity contribution in [1.82, 2.24) is 9.78 Å². The average molecular weight is 515 g/mol. The molecule has 34 heavy (non-hydrogen) atoms. The van der Waals surface area contributed by atoms with E-state index in [-0.39, 0.29) is 28.7 Å². The van der Waals surface area contributed by atoms with Gasteiger partial charge in [0, 0.05) is 24.1 Å². The first kappa shape index (κ1) is 24.4. The molecule has 0 radical (unpaired) electrons. The van der Waals surface area contributed by atoms with E-state index >= 15 is 0 Å². The van der Waals surface area contributed by atoms with Crippen LogP contribution in [0.25, 0.3) is 5.69 Å². The molecule has 1 aliphatic carbocycles. The van der Waals surface area contributed by atoms with Crippen LogP contribution in [-0.2, 0) is 27.2 Å². The summed E-state index contributed by atoms with van der Waals surface area (Å²) >= 11 is 6.15. The molecular formula is C23H19ClF4N2O3S. The molecule has 180 valence electrons. The van der Waals surface area contributed by atoms with Gasteiger partial charge in [-0.3, -0.25) is 4.79 Å². The smallest absolute Gasteiger partial charge is 0.299 e. The molecular weight excluding hydrogens is 496 g/mol. The maximum Gasteiger partial charge on any atom is 0.416 e. The molecule has 0 unspecified atom stereocenters. The highest BCUT2D eigenvalue weighted by Gasteiger charge is 2.45. The molecule has 0 aliphatic heterocycles. The van der Waals surface area contributed by atoms with Crippen LogP contribution >= 0.6 is 11.6 Å². The highest BCUT2D eigenvalue weighted by atomic mass is 35.5. The monoisotopic (exact) mass is 514 g/mol. The number of sulfone groups is 1. The highest BCUT2D eigenvalue weighted by molar-refractivity contribution is 7.92. The van der Waals surface area contributed by atoms with Crippen LogP contribution in [-0.4, -0.2) is 29.2 Å². The molecule has 2 atom stereocenters. The summed E-state index contributed by atoms with van der Waals surface area (Å²) < 4.78 is 78.4. The van der Waals surface area contributed by atoms with Gasteiger partial charge in [0.2, 0.25) is 0 Å². The van der Waals surface area contributed by atoms with E-state index in [0.29, 0.717) is 24.1 Å². The number of nitrogens with zero attached hydrogens (tertiary/aromatic N) is 2. The van der Waals surface area contributed by atoms with Crippen molar-refractivity contribution in [2.45, 2.75) is 42.0 Å². The van der Waals surface area contributed by atoms with E-state index in [0.717, 1.165) is 24.3 Å². The Kier molecular flexibility index (Phi) is 6.56. The first-order valence-corrected chi connectivity index (χ1v) is 12.3. The first-order valence-electron chi connectivity index (χ1n) is 10.4. The van der Waals surface area contributed by atoms with Gasteiger partial charge in [-0.15, -0.1) is 0 Å². The highest BCUT2D eigenvalue weighted by Crippen LogP contribution is 2.38. The van der Waals surface area contributed by atoms with Crippen molar-refractivity contribution in [2.24, 2.45) is 5.92 Å². The van der Waals surface area contributed by atoms with Crippen LogP contribution in [0.1, 0.15) is 30.4 Å². The molecule has 1 aromatic heterocycles. The van der Waals surface area contributed by atoms with Crippen LogP contribution in [0.2, 0.25) is 5.15 Å². The molecule has 3 aromatic rings. The number of aryl methyl sites for hydroxylation is 1. The van der Waals surface area contributed by atoms with Gasteiger partial charge in [-0.1, -0.05) is 11.6 Å². The van der Waals surface area contributed by atoms with Gasteiger partial charge in [0.15, 0.2) is 15.0 Å². The molecule has 11 heteroatoms. The fourth-order valence-electron chi connectivity index (χ4n) is 3.94. The van der Waals surface area contributed by atoms with Gasteiger partial charge >= 0.3 is 6.18 Å². The van der Waals surface area contributed by atoms with Crippen LogP contribution < -0.4 is 0 Å². The molecule has 0 spiro atoms. The summed E-state index contributed by atoms with van der Waals surface area (Å²) in [5, 5.41) is 3.35. The van der Waals surface area contributed by atoms with Crippen molar-refractivity contribution in [3.63, 3.8) is 0 Å². The quantitative estimate of drug-likeness (QED) is 0.311. The van der Waals surface area contributed by atoms with Crippen molar-refractivity contribution >= 4 is 27.2 Å². The van der Waals surface area contributed by atoms with E-state index in [4.69, 9.17) is 11.6 Å². The number of benzene rings is 2. The summed E-state index contributed by atoms with van der Waals surface area (Å²) in [4.78, 5) is 12.7. The Morgan fingerprint density at radius 2 is 1.71 bits per heavy atom. The zero-order valence-corrected chi connectivity index (χ0v) is 19.2. The number of aromatic nitrogens is 2. The summed E-state index contributed by atoms with van der Waals surface area (Å²) in [5.74, 6) is -1.42. The molecule has 1 aliphatic rings. The largest absolute Gasteiger partial charge is 0.416 e. The first-order chi connectivity index (χ1) is 16.0. The van der Waals surface area contributed by atoms with Crippen LogP contribution in [0.4, 0.5) is 17.6 Å². The van der Waals surface area contributed by atoms with E-state index in [2.05, 4.69) is 5.10 Å². The lowest BCUT2D eigenvalue weighted by atomic mass is 9.80. The molecule has 1 fully saturated rings. The predicted molar refractivity (Wildman–Crippen MR) is 117 cm³/mol. The number of hydrogen-bond donors (Lipinski definition) is 0. The standard InChI is InChI=1S/C23H19ClF4N2O3S/c24-22-14(13-30(29-22)17-6-2-15(3-7-17)23(26,27)28)1-11-20(31)19-10-12-21(19)34(32,33)18-8-4-16(25)5-9-18/h2-9,13,19,21H,1,10-12H2/t19-,21-/m0/s1. The normalized spacial score (nSPS) is 18.5. The lowest BCUT2D eigenvalue weighted by Crippen LogP contribution is -2.43. The third kappa shape index (κ3) is 4.88. The second-order valence-electron chi connectivity index (χ2n) is 8.12. The second kappa shape index (κ2) is 9.14. The van der Waals surface area contributed by atoms with Crippen molar-refractivity contribution in [2.75, 3.05) is 0 Å². The van der Waals surface area contributed by atoms with Gasteiger partial charge in [0.1, 0.15) is 11.6 Å². The van der Waals surface area contributed by atoms with E-state index in [1.54, 1.807) is 0 Å². The Bertz CT molecular complexity index is 1300. The number of rotatable bonds is 7. The average Bonchev–Trinajstić information content (AvgIpc) is 3.11. The summed E-state index contributed by atoms with van der Waals surface area (Å²) in [6.07, 6.45) is -1.87. The minimum Gasteiger partial charge on any atom is -0.299 e. The van der Waals surface area contributed by atoms with E-state index in [9.17, 15) is 30.8 Å². The summed E-state index contributed by atoms with van der Waals surface area (Å²) in [6.45, 7) is 0. The fourth-order valence-corrected chi connectivity index (χ4v) is 6.20. The second-order valence-corrected chi connectivity index (χ2v) is 10.6. The van der Waals surface area contributed by atoms with Crippen molar-refractivity contribution in [1.29, 1.82) is 0 Å². The molecule has 4 rings (SSSR count). The van der Waals surface area contributed by atoms with Gasteiger partial charge < -0.3 is 0 Å². The van der Waals surface area contributed by atoms with Crippen LogP contribution in [0.15, 0.2) is 59.6 Å². The number of ketones is 1. The summed E-state index contributed by atoms with van der Waals surface area (Å²) in [5.41, 5.74) is 0.107. The van der Waals surface area contributed by atoms with Crippen LogP contribution in [0, 0.1) is 11.7 Å². The lowest BCUT2D eigenvalue weighted by molar-refractivity contribution is -0.137. The molecule has 2 aromatic carbocycles. The van der Waals surface area contributed by atoms with Gasteiger partial charge in [-0.2, -0.15) is 18.3 Å². The van der Waals surface area contributed by atoms with E-state index < -0.39 is 38.6 Å².